The zero-order valence-electron chi connectivity index (χ0n) is 12.3. The molecule has 0 atom stereocenters. The molecule has 1 aromatic rings. The monoisotopic (exact) mass is 308 g/mol. The Morgan fingerprint density at radius 3 is 2.67 bits per heavy atom. The van der Waals surface area contributed by atoms with Gasteiger partial charge in [0, 0.05) is 18.8 Å². The number of thioether (sulfide) groups is 1. The quantitative estimate of drug-likeness (QED) is 0.876. The third-order valence-corrected chi connectivity index (χ3v) is 3.86. The average molecular weight is 308 g/mol. The van der Waals surface area contributed by atoms with Crippen molar-refractivity contribution in [1.29, 1.82) is 0 Å². The van der Waals surface area contributed by atoms with Crippen LogP contribution in [0.25, 0.3) is 0 Å². The van der Waals surface area contributed by atoms with Crippen molar-refractivity contribution >= 4 is 22.9 Å². The summed E-state index contributed by atoms with van der Waals surface area (Å²) in [6, 6.07) is 7.63. The predicted octanol–water partition coefficient (Wildman–Crippen LogP) is 2.26. The lowest BCUT2D eigenvalue weighted by molar-refractivity contribution is -0.121. The molecule has 0 spiro atoms. The second kappa shape index (κ2) is 7.36. The van der Waals surface area contributed by atoms with Gasteiger partial charge >= 0.3 is 0 Å². The van der Waals surface area contributed by atoms with Crippen LogP contribution in [0.3, 0.4) is 0 Å². The summed E-state index contributed by atoms with van der Waals surface area (Å²) >= 11 is 1.26. The topological polar surface area (TPSA) is 58.6 Å². The van der Waals surface area contributed by atoms with Gasteiger partial charge in [0.15, 0.2) is 0 Å². The smallest absolute Gasteiger partial charge is 0.282 e. The highest BCUT2D eigenvalue weighted by atomic mass is 32.2. The van der Waals surface area contributed by atoms with E-state index in [9.17, 15) is 9.59 Å². The van der Waals surface area contributed by atoms with Crippen molar-refractivity contribution in [3.05, 3.63) is 29.8 Å². The molecule has 1 fully saturated rings. The van der Waals surface area contributed by atoms with E-state index in [-0.39, 0.29) is 23.8 Å². The summed E-state index contributed by atoms with van der Waals surface area (Å²) in [4.78, 5) is 24.8. The van der Waals surface area contributed by atoms with E-state index < -0.39 is 0 Å². The van der Waals surface area contributed by atoms with E-state index in [1.54, 1.807) is 4.90 Å². The van der Waals surface area contributed by atoms with Gasteiger partial charge in [0.05, 0.1) is 6.10 Å². The molecular formula is C15H20N2O3S. The molecule has 1 aliphatic rings. The summed E-state index contributed by atoms with van der Waals surface area (Å²) in [5.41, 5.74) is 1.00. The molecule has 2 rings (SSSR count). The number of hydrogen-bond donors (Lipinski definition) is 1. The second-order valence-corrected chi connectivity index (χ2v) is 6.17. The highest BCUT2D eigenvalue weighted by Crippen LogP contribution is 2.16. The molecule has 1 saturated heterocycles. The van der Waals surface area contributed by atoms with Crippen molar-refractivity contribution < 1.29 is 14.3 Å². The van der Waals surface area contributed by atoms with Gasteiger partial charge in [-0.15, -0.1) is 0 Å². The van der Waals surface area contributed by atoms with Crippen LogP contribution in [-0.4, -0.2) is 41.0 Å². The average Bonchev–Trinajstić information content (AvgIpc) is 2.83. The van der Waals surface area contributed by atoms with Crippen LogP contribution in [0.4, 0.5) is 4.79 Å². The first-order valence-corrected chi connectivity index (χ1v) is 7.97. The number of amides is 2. The van der Waals surface area contributed by atoms with E-state index in [0.29, 0.717) is 13.1 Å². The zero-order valence-corrected chi connectivity index (χ0v) is 13.1. The fraction of sp³-hybridized carbons (Fsp3) is 0.467. The third kappa shape index (κ3) is 4.97. The largest absolute Gasteiger partial charge is 0.491 e. The molecule has 1 aromatic carbocycles. The number of carbonyl (C=O) groups excluding carboxylic acids is 2. The Kier molecular flexibility index (Phi) is 5.50. The number of benzene rings is 1. The standard InChI is InChI=1S/C15H20N2O3S/c1-11(2)20-13-5-3-12(4-6-13)9-16-14(18)10-17-7-8-21-15(17)19/h3-6,11H,7-10H2,1-2H3,(H,16,18). The van der Waals surface area contributed by atoms with Crippen molar-refractivity contribution in [1.82, 2.24) is 10.2 Å². The summed E-state index contributed by atoms with van der Waals surface area (Å²) in [5.74, 6) is 1.46. The van der Waals surface area contributed by atoms with E-state index >= 15 is 0 Å². The van der Waals surface area contributed by atoms with Crippen molar-refractivity contribution in [3.8, 4) is 5.75 Å². The lowest BCUT2D eigenvalue weighted by atomic mass is 10.2. The molecule has 0 unspecified atom stereocenters. The van der Waals surface area contributed by atoms with Gasteiger partial charge in [0.1, 0.15) is 12.3 Å². The Morgan fingerprint density at radius 1 is 1.38 bits per heavy atom. The molecule has 1 heterocycles. The van der Waals surface area contributed by atoms with Gasteiger partial charge in [-0.3, -0.25) is 9.59 Å². The summed E-state index contributed by atoms with van der Waals surface area (Å²) < 4.78 is 5.56. The molecule has 0 saturated carbocycles. The fourth-order valence-corrected chi connectivity index (χ4v) is 2.78. The SMILES string of the molecule is CC(C)Oc1ccc(CNC(=O)CN2CCSC2=O)cc1. The number of nitrogens with zero attached hydrogens (tertiary/aromatic N) is 1. The first kappa shape index (κ1) is 15.7. The van der Waals surface area contributed by atoms with Crippen LogP contribution < -0.4 is 10.1 Å². The molecule has 114 valence electrons. The first-order chi connectivity index (χ1) is 10.0. The Labute approximate surface area is 129 Å². The van der Waals surface area contributed by atoms with E-state index in [0.717, 1.165) is 17.1 Å². The minimum absolute atomic E-state index is 0.0136. The number of ether oxygens (including phenoxy) is 1. The van der Waals surface area contributed by atoms with Crippen molar-refractivity contribution in [3.63, 3.8) is 0 Å². The summed E-state index contributed by atoms with van der Waals surface area (Å²) in [7, 11) is 0. The van der Waals surface area contributed by atoms with Gasteiger partial charge in [0.25, 0.3) is 5.24 Å². The van der Waals surface area contributed by atoms with E-state index in [4.69, 9.17) is 4.74 Å². The van der Waals surface area contributed by atoms with Gasteiger partial charge in [-0.05, 0) is 31.5 Å². The second-order valence-electron chi connectivity index (χ2n) is 5.12. The summed E-state index contributed by atoms with van der Waals surface area (Å²) in [6.45, 7) is 5.20. The minimum atomic E-state index is -0.131. The van der Waals surface area contributed by atoms with Crippen molar-refractivity contribution in [2.24, 2.45) is 0 Å². The molecule has 1 aliphatic heterocycles. The molecule has 21 heavy (non-hydrogen) atoms. The van der Waals surface area contributed by atoms with Gasteiger partial charge in [-0.25, -0.2) is 0 Å². The molecule has 1 N–H and O–H groups in total. The molecule has 2 amide bonds. The maximum atomic E-state index is 11.8. The van der Waals surface area contributed by atoms with Crippen LogP contribution in [-0.2, 0) is 11.3 Å². The summed E-state index contributed by atoms with van der Waals surface area (Å²) in [6.07, 6.45) is 0.145. The molecule has 6 heteroatoms. The van der Waals surface area contributed by atoms with Gasteiger partial charge in [0.2, 0.25) is 5.91 Å². The van der Waals surface area contributed by atoms with Crippen LogP contribution >= 0.6 is 11.8 Å². The number of hydrogen-bond acceptors (Lipinski definition) is 4. The Hall–Kier alpha value is -1.69. The lowest BCUT2D eigenvalue weighted by Gasteiger charge is -2.14. The molecule has 0 aromatic heterocycles. The Morgan fingerprint density at radius 2 is 2.10 bits per heavy atom. The normalized spacial score (nSPS) is 14.6. The molecule has 0 radical (unpaired) electrons. The van der Waals surface area contributed by atoms with E-state index in [1.807, 2.05) is 38.1 Å². The highest BCUT2D eigenvalue weighted by Gasteiger charge is 2.22. The van der Waals surface area contributed by atoms with E-state index in [2.05, 4.69) is 5.32 Å². The van der Waals surface area contributed by atoms with Crippen molar-refractivity contribution in [2.45, 2.75) is 26.5 Å². The molecule has 5 nitrogen and oxygen atoms in total. The number of rotatable bonds is 6. The van der Waals surface area contributed by atoms with Gasteiger partial charge in [-0.1, -0.05) is 23.9 Å². The van der Waals surface area contributed by atoms with Crippen LogP contribution in [0.2, 0.25) is 0 Å². The van der Waals surface area contributed by atoms with Crippen LogP contribution in [0, 0.1) is 0 Å². The predicted molar refractivity (Wildman–Crippen MR) is 83.5 cm³/mol. The van der Waals surface area contributed by atoms with Crippen molar-refractivity contribution in [2.75, 3.05) is 18.8 Å². The highest BCUT2D eigenvalue weighted by molar-refractivity contribution is 8.13. The maximum Gasteiger partial charge on any atom is 0.282 e. The number of nitrogens with one attached hydrogen (secondary N) is 1. The van der Waals surface area contributed by atoms with Crippen LogP contribution in [0.15, 0.2) is 24.3 Å². The zero-order chi connectivity index (χ0) is 15.2. The first-order valence-electron chi connectivity index (χ1n) is 6.98. The Bertz CT molecular complexity index is 502. The lowest BCUT2D eigenvalue weighted by Crippen LogP contribution is -2.36. The fourth-order valence-electron chi connectivity index (χ4n) is 1.96. The molecule has 0 aliphatic carbocycles. The minimum Gasteiger partial charge on any atom is -0.491 e. The van der Waals surface area contributed by atoms with Crippen LogP contribution in [0.5, 0.6) is 5.75 Å². The molecule has 0 bridgehead atoms. The third-order valence-electron chi connectivity index (χ3n) is 2.96. The van der Waals surface area contributed by atoms with Gasteiger partial charge < -0.3 is 15.0 Å². The number of carbonyl (C=O) groups is 2. The maximum absolute atomic E-state index is 11.8. The van der Waals surface area contributed by atoms with E-state index in [1.165, 1.54) is 11.8 Å². The summed E-state index contributed by atoms with van der Waals surface area (Å²) in [5, 5.41) is 2.81. The van der Waals surface area contributed by atoms with Crippen LogP contribution in [0.1, 0.15) is 19.4 Å². The Balaban J connectivity index is 1.77. The van der Waals surface area contributed by atoms with Gasteiger partial charge in [-0.2, -0.15) is 0 Å². The molecular weight excluding hydrogens is 288 g/mol.